The second kappa shape index (κ2) is 7.89. The lowest BCUT2D eigenvalue weighted by atomic mass is 10.2. The van der Waals surface area contributed by atoms with Crippen LogP contribution in [0.4, 0.5) is 0 Å². The Bertz CT molecular complexity index is 189. The molecule has 0 saturated carbocycles. The Hall–Kier alpha value is 0.580. The average molecular weight is 285 g/mol. The van der Waals surface area contributed by atoms with Crippen molar-refractivity contribution in [2.75, 3.05) is 19.1 Å². The highest BCUT2D eigenvalue weighted by atomic mass is 31.2. The zero-order chi connectivity index (χ0) is 13.5. The molecule has 0 aromatic rings. The number of unbranched alkanes of at least 4 members (excludes halogenated alkanes) is 3. The van der Waals surface area contributed by atoms with Gasteiger partial charge in [-0.25, -0.2) is 4.90 Å². The SMILES string of the molecule is CCCCCCN(C[P+]([O-])([O-])[O-])C[P+]([O-])([O-])[O-]. The second-order valence-corrected chi connectivity index (χ2v) is 6.97. The molecule has 104 valence electrons. The molecular weight excluding hydrogens is 268 g/mol. The van der Waals surface area contributed by atoms with Gasteiger partial charge in [0.05, 0.1) is 12.6 Å². The van der Waals surface area contributed by atoms with Gasteiger partial charge in [0.1, 0.15) is 0 Å². The lowest BCUT2D eigenvalue weighted by Crippen LogP contribution is -2.47. The van der Waals surface area contributed by atoms with Crippen LogP contribution in [0.15, 0.2) is 0 Å². The van der Waals surface area contributed by atoms with Crippen molar-refractivity contribution in [2.45, 2.75) is 32.6 Å². The summed E-state index contributed by atoms with van der Waals surface area (Å²) in [6.45, 7) is 2.12. The van der Waals surface area contributed by atoms with Gasteiger partial charge in [0.2, 0.25) is 0 Å². The highest BCUT2D eigenvalue weighted by Crippen LogP contribution is 2.34. The Kier molecular flexibility index (Phi) is 8.16. The van der Waals surface area contributed by atoms with E-state index in [4.69, 9.17) is 0 Å². The number of hydrogen-bond donors (Lipinski definition) is 0. The van der Waals surface area contributed by atoms with E-state index in [2.05, 4.69) is 0 Å². The van der Waals surface area contributed by atoms with Gasteiger partial charge in [-0.2, -0.15) is 0 Å². The molecule has 9 heteroatoms. The van der Waals surface area contributed by atoms with Gasteiger partial charge in [0, 0.05) is 6.54 Å². The summed E-state index contributed by atoms with van der Waals surface area (Å²) in [6.07, 6.45) is 1.46. The van der Waals surface area contributed by atoms with E-state index in [0.29, 0.717) is 6.42 Å². The van der Waals surface area contributed by atoms with E-state index >= 15 is 0 Å². The van der Waals surface area contributed by atoms with Crippen LogP contribution in [-0.4, -0.2) is 24.0 Å². The van der Waals surface area contributed by atoms with Crippen molar-refractivity contribution in [3.8, 4) is 0 Å². The highest BCUT2D eigenvalue weighted by Gasteiger charge is 2.13. The van der Waals surface area contributed by atoms with Gasteiger partial charge in [-0.15, -0.1) is 15.9 Å². The third-order valence-electron chi connectivity index (χ3n) is 2.07. The molecule has 7 nitrogen and oxygen atoms in total. The van der Waals surface area contributed by atoms with Crippen molar-refractivity contribution in [2.24, 2.45) is 0 Å². The molecule has 0 radical (unpaired) electrons. The summed E-state index contributed by atoms with van der Waals surface area (Å²) in [4.78, 5) is 64.2. The summed E-state index contributed by atoms with van der Waals surface area (Å²) in [5, 5.41) is 0. The minimum absolute atomic E-state index is 0.128. The van der Waals surface area contributed by atoms with E-state index in [1.54, 1.807) is 0 Å². The summed E-state index contributed by atoms with van der Waals surface area (Å²) < 4.78 is 0. The predicted molar refractivity (Wildman–Crippen MR) is 54.4 cm³/mol. The van der Waals surface area contributed by atoms with Crippen molar-refractivity contribution in [1.82, 2.24) is 4.90 Å². The van der Waals surface area contributed by atoms with Crippen molar-refractivity contribution in [1.29, 1.82) is 0 Å². The quantitative estimate of drug-likeness (QED) is 0.315. The molecule has 0 saturated heterocycles. The highest BCUT2D eigenvalue weighted by molar-refractivity contribution is 7.55. The van der Waals surface area contributed by atoms with Crippen LogP contribution in [0.1, 0.15) is 32.6 Å². The normalized spacial score (nSPS) is 13.4. The largest absolute Gasteiger partial charge is 0.687 e. The van der Waals surface area contributed by atoms with Crippen molar-refractivity contribution in [3.63, 3.8) is 0 Å². The number of nitrogens with zero attached hydrogens (tertiary/aromatic N) is 1. The molecule has 0 aliphatic heterocycles. The third-order valence-corrected chi connectivity index (χ3v) is 3.57. The van der Waals surface area contributed by atoms with E-state index in [-0.39, 0.29) is 6.54 Å². The van der Waals surface area contributed by atoms with Crippen molar-refractivity contribution in [3.05, 3.63) is 0 Å². The predicted octanol–water partition coefficient (Wildman–Crippen LogP) is -3.53. The first-order valence-corrected chi connectivity index (χ1v) is 8.84. The molecule has 0 fully saturated rings. The van der Waals surface area contributed by atoms with Gasteiger partial charge in [0.15, 0.2) is 0 Å². The van der Waals surface area contributed by atoms with Gasteiger partial charge >= 0.3 is 0 Å². The molecule has 0 amide bonds. The van der Waals surface area contributed by atoms with Crippen LogP contribution in [0, 0.1) is 0 Å². The Balaban J connectivity index is 4.12. The topological polar surface area (TPSA) is 142 Å². The van der Waals surface area contributed by atoms with Gasteiger partial charge in [-0.3, -0.25) is 0 Å². The van der Waals surface area contributed by atoms with E-state index in [0.717, 1.165) is 24.2 Å². The van der Waals surface area contributed by atoms with Crippen LogP contribution < -0.4 is 29.4 Å². The molecule has 0 bridgehead atoms. The van der Waals surface area contributed by atoms with Gasteiger partial charge in [0.25, 0.3) is 0 Å². The summed E-state index contributed by atoms with van der Waals surface area (Å²) in [6, 6.07) is 0. The summed E-state index contributed by atoms with van der Waals surface area (Å²) in [7, 11) is -9.67. The molecular formula is C8H17NO6P2-4. The van der Waals surface area contributed by atoms with E-state index in [1.807, 2.05) is 6.92 Å². The van der Waals surface area contributed by atoms with E-state index in [9.17, 15) is 29.4 Å². The molecule has 0 heterocycles. The first-order chi connectivity index (χ1) is 7.64. The van der Waals surface area contributed by atoms with Crippen LogP contribution in [0.3, 0.4) is 0 Å². The van der Waals surface area contributed by atoms with Crippen molar-refractivity contribution >= 4 is 15.9 Å². The van der Waals surface area contributed by atoms with E-state index < -0.39 is 28.5 Å². The van der Waals surface area contributed by atoms with Gasteiger partial charge < -0.3 is 29.4 Å². The third kappa shape index (κ3) is 12.8. The molecule has 0 spiro atoms. The minimum atomic E-state index is -4.84. The van der Waals surface area contributed by atoms with Crippen LogP contribution in [0.5, 0.6) is 0 Å². The summed E-state index contributed by atoms with van der Waals surface area (Å²) >= 11 is 0. The molecule has 0 rings (SSSR count). The first-order valence-electron chi connectivity index (χ1n) is 5.38. The molecule has 0 aromatic carbocycles. The Labute approximate surface area is 103 Å². The molecule has 17 heavy (non-hydrogen) atoms. The molecule has 0 atom stereocenters. The fraction of sp³-hybridized carbons (Fsp3) is 1.00. The lowest BCUT2D eigenvalue weighted by molar-refractivity contribution is -0.431. The maximum absolute atomic E-state index is 10.6. The fourth-order valence-corrected chi connectivity index (χ4v) is 3.06. The zero-order valence-electron chi connectivity index (χ0n) is 9.74. The van der Waals surface area contributed by atoms with Crippen LogP contribution >= 0.6 is 15.9 Å². The first kappa shape index (κ1) is 17.6. The summed E-state index contributed by atoms with van der Waals surface area (Å²) in [5.41, 5.74) is 0. The summed E-state index contributed by atoms with van der Waals surface area (Å²) in [5.74, 6) is 0. The maximum atomic E-state index is 10.6. The smallest absolute Gasteiger partial charge is 0.0970 e. The van der Waals surface area contributed by atoms with E-state index in [1.165, 1.54) is 0 Å². The monoisotopic (exact) mass is 285 g/mol. The fourth-order valence-electron chi connectivity index (χ4n) is 1.44. The Morgan fingerprint density at radius 3 is 1.59 bits per heavy atom. The minimum Gasteiger partial charge on any atom is -0.687 e. The molecule has 0 aliphatic carbocycles. The van der Waals surface area contributed by atoms with Crippen molar-refractivity contribution < 1.29 is 29.4 Å². The maximum Gasteiger partial charge on any atom is 0.0970 e. The van der Waals surface area contributed by atoms with Crippen LogP contribution in [0.2, 0.25) is 0 Å². The van der Waals surface area contributed by atoms with Gasteiger partial charge in [-0.1, -0.05) is 26.2 Å². The Morgan fingerprint density at radius 1 is 0.765 bits per heavy atom. The molecule has 0 aliphatic rings. The number of rotatable bonds is 9. The molecule has 0 N–H and O–H groups in total. The van der Waals surface area contributed by atoms with Crippen LogP contribution in [0.25, 0.3) is 0 Å². The molecule has 0 unspecified atom stereocenters. The zero-order valence-corrected chi connectivity index (χ0v) is 11.5. The van der Waals surface area contributed by atoms with Crippen LogP contribution in [-0.2, 0) is 0 Å². The number of hydrogen-bond acceptors (Lipinski definition) is 7. The Morgan fingerprint density at radius 2 is 1.24 bits per heavy atom. The standard InChI is InChI=1S/C8H21NO6P2/c1-2-3-4-5-6-9(7-16(10,11)12)8-17(13,14)15/h2-8H2,1H3,(H2,10,11,12)(H2,13,14,15)/p-4. The lowest BCUT2D eigenvalue weighted by Gasteiger charge is -2.49. The second-order valence-electron chi connectivity index (χ2n) is 3.96. The molecule has 0 aromatic heterocycles. The van der Waals surface area contributed by atoms with Gasteiger partial charge in [-0.05, 0) is 6.42 Å². The average Bonchev–Trinajstić information content (AvgIpc) is 2.06.